The summed E-state index contributed by atoms with van der Waals surface area (Å²) in [6, 6.07) is 60.8. The molecule has 0 amide bonds. The SMILES string of the molecule is c1ccc(-c2nc(-c3ccc(-c4ccncn4)cc3)cc(-c3cc(-c4ccc5sc6ccccc6c5c4)cc(-c4ccc5sc6ccccc6c5c4)c3)n2)cc1. The average molecular weight is 751 g/mol. The van der Waals surface area contributed by atoms with E-state index in [1.54, 1.807) is 12.5 Å². The third-order valence-corrected chi connectivity index (χ3v) is 12.8. The topological polar surface area (TPSA) is 51.6 Å². The van der Waals surface area contributed by atoms with Gasteiger partial charge in [-0.2, -0.15) is 0 Å². The van der Waals surface area contributed by atoms with Crippen LogP contribution in [0.15, 0.2) is 182 Å². The second-order valence-corrected chi connectivity index (χ2v) is 16.1. The van der Waals surface area contributed by atoms with Crippen LogP contribution in [0.2, 0.25) is 0 Å². The Morgan fingerprint density at radius 1 is 0.321 bits per heavy atom. The number of hydrogen-bond acceptors (Lipinski definition) is 6. The van der Waals surface area contributed by atoms with Gasteiger partial charge < -0.3 is 0 Å². The monoisotopic (exact) mass is 750 g/mol. The van der Waals surface area contributed by atoms with E-state index < -0.39 is 0 Å². The summed E-state index contributed by atoms with van der Waals surface area (Å²) >= 11 is 3.69. The zero-order valence-corrected chi connectivity index (χ0v) is 31.6. The number of rotatable bonds is 6. The molecule has 0 bridgehead atoms. The molecule has 0 N–H and O–H groups in total. The van der Waals surface area contributed by atoms with Crippen LogP contribution in [0.1, 0.15) is 0 Å². The highest BCUT2D eigenvalue weighted by Crippen LogP contribution is 2.41. The van der Waals surface area contributed by atoms with Gasteiger partial charge in [0.05, 0.1) is 17.1 Å². The van der Waals surface area contributed by atoms with Gasteiger partial charge in [-0.05, 0) is 89.0 Å². The number of benzene rings is 7. The van der Waals surface area contributed by atoms with E-state index in [2.05, 4.69) is 156 Å². The Kier molecular flexibility index (Phi) is 7.83. The van der Waals surface area contributed by atoms with Crippen molar-refractivity contribution in [3.63, 3.8) is 0 Å². The fourth-order valence-corrected chi connectivity index (χ4v) is 9.83. The maximum absolute atomic E-state index is 5.27. The van der Waals surface area contributed by atoms with E-state index in [1.807, 2.05) is 46.9 Å². The van der Waals surface area contributed by atoms with Crippen LogP contribution in [0.5, 0.6) is 0 Å². The lowest BCUT2D eigenvalue weighted by molar-refractivity contribution is 1.17. The first-order valence-corrected chi connectivity index (χ1v) is 20.1. The fourth-order valence-electron chi connectivity index (χ4n) is 7.65. The quantitative estimate of drug-likeness (QED) is 0.170. The lowest BCUT2D eigenvalue weighted by Gasteiger charge is -2.14. The minimum absolute atomic E-state index is 0.683. The summed E-state index contributed by atoms with van der Waals surface area (Å²) in [4.78, 5) is 18.9. The number of nitrogens with zero attached hydrogens (tertiary/aromatic N) is 4. The van der Waals surface area contributed by atoms with Gasteiger partial charge in [-0.15, -0.1) is 22.7 Å². The number of fused-ring (bicyclic) bond motifs is 6. The summed E-state index contributed by atoms with van der Waals surface area (Å²) in [6.45, 7) is 0. The molecule has 0 fully saturated rings. The van der Waals surface area contributed by atoms with Crippen molar-refractivity contribution in [1.82, 2.24) is 19.9 Å². The molecule has 4 aromatic heterocycles. The van der Waals surface area contributed by atoms with Gasteiger partial charge in [0.2, 0.25) is 0 Å². The highest BCUT2D eigenvalue weighted by atomic mass is 32.1. The van der Waals surface area contributed by atoms with Crippen LogP contribution < -0.4 is 0 Å². The number of hydrogen-bond donors (Lipinski definition) is 0. The predicted molar refractivity (Wildman–Crippen MR) is 236 cm³/mol. The molecule has 0 radical (unpaired) electrons. The highest BCUT2D eigenvalue weighted by molar-refractivity contribution is 7.26. The Bertz CT molecular complexity index is 3110. The Labute approximate surface area is 331 Å². The van der Waals surface area contributed by atoms with Gasteiger partial charge in [0.25, 0.3) is 0 Å². The van der Waals surface area contributed by atoms with Crippen molar-refractivity contribution in [1.29, 1.82) is 0 Å². The molecule has 0 atom stereocenters. The van der Waals surface area contributed by atoms with Crippen LogP contribution in [0.4, 0.5) is 0 Å². The van der Waals surface area contributed by atoms with Gasteiger partial charge in [0.15, 0.2) is 5.82 Å². The van der Waals surface area contributed by atoms with Crippen molar-refractivity contribution in [2.24, 2.45) is 0 Å². The smallest absolute Gasteiger partial charge is 0.160 e. The summed E-state index contributed by atoms with van der Waals surface area (Å²) < 4.78 is 5.19. The van der Waals surface area contributed by atoms with Crippen molar-refractivity contribution in [2.45, 2.75) is 0 Å². The van der Waals surface area contributed by atoms with Gasteiger partial charge >= 0.3 is 0 Å². The third kappa shape index (κ3) is 5.84. The molecule has 56 heavy (non-hydrogen) atoms. The van der Waals surface area contributed by atoms with Gasteiger partial charge in [0, 0.05) is 68.8 Å². The van der Waals surface area contributed by atoms with E-state index in [0.29, 0.717) is 5.82 Å². The molecule has 4 nitrogen and oxygen atoms in total. The van der Waals surface area contributed by atoms with Crippen LogP contribution in [-0.2, 0) is 0 Å². The van der Waals surface area contributed by atoms with Crippen LogP contribution in [0, 0.1) is 0 Å². The summed E-state index contributed by atoms with van der Waals surface area (Å²) in [5.41, 5.74) is 11.2. The van der Waals surface area contributed by atoms with Crippen LogP contribution >= 0.6 is 22.7 Å². The van der Waals surface area contributed by atoms with Crippen molar-refractivity contribution < 1.29 is 0 Å². The molecule has 0 saturated carbocycles. The highest BCUT2D eigenvalue weighted by Gasteiger charge is 2.16. The van der Waals surface area contributed by atoms with Gasteiger partial charge in [-0.25, -0.2) is 19.9 Å². The first kappa shape index (κ1) is 32.6. The Morgan fingerprint density at radius 3 is 1.41 bits per heavy atom. The predicted octanol–water partition coefficient (Wildman–Crippen LogP) is 14.0. The molecule has 0 aliphatic heterocycles. The zero-order chi connectivity index (χ0) is 37.0. The Morgan fingerprint density at radius 2 is 0.821 bits per heavy atom. The van der Waals surface area contributed by atoms with E-state index in [-0.39, 0.29) is 0 Å². The third-order valence-electron chi connectivity index (χ3n) is 10.5. The minimum atomic E-state index is 0.683. The lowest BCUT2D eigenvalue weighted by atomic mass is 9.93. The first-order chi connectivity index (χ1) is 27.7. The Hall–Kier alpha value is -6.86. The zero-order valence-electron chi connectivity index (χ0n) is 29.9. The molecular weight excluding hydrogens is 721 g/mol. The molecule has 7 aromatic carbocycles. The average Bonchev–Trinajstić information content (AvgIpc) is 3.84. The van der Waals surface area contributed by atoms with Gasteiger partial charge in [-0.1, -0.05) is 103 Å². The molecule has 4 heterocycles. The number of thiophene rings is 2. The summed E-state index contributed by atoms with van der Waals surface area (Å²) in [5.74, 6) is 0.683. The molecule has 6 heteroatoms. The summed E-state index contributed by atoms with van der Waals surface area (Å²) in [7, 11) is 0. The van der Waals surface area contributed by atoms with E-state index >= 15 is 0 Å². The summed E-state index contributed by atoms with van der Waals surface area (Å²) in [5, 5.41) is 5.14. The van der Waals surface area contributed by atoms with Crippen molar-refractivity contribution in [3.05, 3.63) is 182 Å². The second kappa shape index (κ2) is 13.5. The van der Waals surface area contributed by atoms with E-state index in [4.69, 9.17) is 9.97 Å². The molecule has 0 aliphatic carbocycles. The fraction of sp³-hybridized carbons (Fsp3) is 0. The summed E-state index contributed by atoms with van der Waals surface area (Å²) in [6.07, 6.45) is 3.35. The number of aromatic nitrogens is 4. The molecule has 11 aromatic rings. The van der Waals surface area contributed by atoms with Crippen LogP contribution in [-0.4, -0.2) is 19.9 Å². The first-order valence-electron chi connectivity index (χ1n) is 18.5. The molecule has 0 unspecified atom stereocenters. The van der Waals surface area contributed by atoms with E-state index in [9.17, 15) is 0 Å². The second-order valence-electron chi connectivity index (χ2n) is 13.9. The standard InChI is InChI=1S/C50H30N4S2/c1-2-8-33(9-3-1)50-53-44(32-16-14-31(15-17-32)43-22-23-51-30-52-43)29-45(54-50)38-25-36(34-18-20-48-41(27-34)39-10-4-6-12-46(39)55-48)24-37(26-38)35-19-21-49-42(28-35)40-11-5-7-13-47(40)56-49/h1-30H. The van der Waals surface area contributed by atoms with Crippen molar-refractivity contribution >= 4 is 63.0 Å². The lowest BCUT2D eigenvalue weighted by Crippen LogP contribution is -1.96. The molecule has 0 spiro atoms. The van der Waals surface area contributed by atoms with Crippen LogP contribution in [0.3, 0.4) is 0 Å². The van der Waals surface area contributed by atoms with Crippen LogP contribution in [0.25, 0.3) is 108 Å². The molecular formula is C50H30N4S2. The molecule has 11 rings (SSSR count). The maximum atomic E-state index is 5.27. The normalized spacial score (nSPS) is 11.6. The Balaban J connectivity index is 1.11. The largest absolute Gasteiger partial charge is 0.245 e. The van der Waals surface area contributed by atoms with E-state index in [1.165, 1.54) is 51.5 Å². The minimum Gasteiger partial charge on any atom is -0.245 e. The molecule has 262 valence electrons. The van der Waals surface area contributed by atoms with Crippen molar-refractivity contribution in [3.8, 4) is 67.4 Å². The van der Waals surface area contributed by atoms with E-state index in [0.717, 1.165) is 50.5 Å². The van der Waals surface area contributed by atoms with Gasteiger partial charge in [-0.3, -0.25) is 0 Å². The van der Waals surface area contributed by atoms with Crippen molar-refractivity contribution in [2.75, 3.05) is 0 Å². The van der Waals surface area contributed by atoms with Gasteiger partial charge in [0.1, 0.15) is 6.33 Å². The maximum Gasteiger partial charge on any atom is 0.160 e. The molecule has 0 saturated heterocycles. The molecule has 0 aliphatic rings.